The molecule has 1 saturated carbocycles. The molecule has 0 heterocycles. The molecule has 0 saturated heterocycles. The van der Waals surface area contributed by atoms with E-state index in [0.717, 1.165) is 18.3 Å². The first-order valence-corrected chi connectivity index (χ1v) is 6.14. The van der Waals surface area contributed by atoms with Crippen LogP contribution in [0.25, 0.3) is 0 Å². The monoisotopic (exact) mass is 196 g/mol. The van der Waals surface area contributed by atoms with Crippen LogP contribution in [-0.4, -0.2) is 6.29 Å². The summed E-state index contributed by atoms with van der Waals surface area (Å²) in [6, 6.07) is 0. The Morgan fingerprint density at radius 2 is 1.64 bits per heavy atom. The van der Waals surface area contributed by atoms with Crippen molar-refractivity contribution < 1.29 is 4.79 Å². The van der Waals surface area contributed by atoms with E-state index in [1.165, 1.54) is 32.0 Å². The Morgan fingerprint density at radius 3 is 2.00 bits per heavy atom. The van der Waals surface area contributed by atoms with Gasteiger partial charge in [-0.3, -0.25) is 0 Å². The Morgan fingerprint density at radius 1 is 1.14 bits per heavy atom. The Bertz CT molecular complexity index is 166. The van der Waals surface area contributed by atoms with Crippen LogP contribution < -0.4 is 0 Å². The van der Waals surface area contributed by atoms with E-state index in [4.69, 9.17) is 0 Å². The number of rotatable bonds is 4. The zero-order valence-corrected chi connectivity index (χ0v) is 9.83. The van der Waals surface area contributed by atoms with Gasteiger partial charge < -0.3 is 4.79 Å². The summed E-state index contributed by atoms with van der Waals surface area (Å²) >= 11 is 0. The van der Waals surface area contributed by atoms with Gasteiger partial charge in [0.1, 0.15) is 6.29 Å². The van der Waals surface area contributed by atoms with Crippen molar-refractivity contribution in [2.45, 2.75) is 52.9 Å². The van der Waals surface area contributed by atoms with Crippen molar-refractivity contribution in [3.8, 4) is 0 Å². The molecule has 1 fully saturated rings. The minimum Gasteiger partial charge on any atom is -0.303 e. The summed E-state index contributed by atoms with van der Waals surface area (Å²) in [5, 5.41) is 0. The molecule has 1 aliphatic rings. The molecule has 0 bridgehead atoms. The SMILES string of the molecule is CCC(C=O)C1CCC(C(C)C)CC1. The molecule has 0 aromatic carbocycles. The fourth-order valence-electron chi connectivity index (χ4n) is 2.78. The van der Waals surface area contributed by atoms with Crippen molar-refractivity contribution in [2.24, 2.45) is 23.7 Å². The largest absolute Gasteiger partial charge is 0.303 e. The van der Waals surface area contributed by atoms with E-state index in [0.29, 0.717) is 11.8 Å². The van der Waals surface area contributed by atoms with Crippen LogP contribution in [0.15, 0.2) is 0 Å². The van der Waals surface area contributed by atoms with E-state index < -0.39 is 0 Å². The molecule has 82 valence electrons. The number of carbonyl (C=O) groups is 1. The van der Waals surface area contributed by atoms with Gasteiger partial charge in [0.05, 0.1) is 0 Å². The summed E-state index contributed by atoms with van der Waals surface area (Å²) < 4.78 is 0. The summed E-state index contributed by atoms with van der Waals surface area (Å²) in [6.45, 7) is 6.78. The van der Waals surface area contributed by atoms with Gasteiger partial charge in [0.25, 0.3) is 0 Å². The van der Waals surface area contributed by atoms with Gasteiger partial charge >= 0.3 is 0 Å². The lowest BCUT2D eigenvalue weighted by Gasteiger charge is -2.33. The van der Waals surface area contributed by atoms with Crippen LogP contribution in [0.2, 0.25) is 0 Å². The Kier molecular flexibility index (Phi) is 4.64. The summed E-state index contributed by atoms with van der Waals surface area (Å²) in [6.07, 6.45) is 7.44. The molecular formula is C13H24O. The normalized spacial score (nSPS) is 30.3. The summed E-state index contributed by atoms with van der Waals surface area (Å²) in [5.74, 6) is 2.76. The van der Waals surface area contributed by atoms with Gasteiger partial charge in [0, 0.05) is 5.92 Å². The van der Waals surface area contributed by atoms with Gasteiger partial charge in [-0.2, -0.15) is 0 Å². The van der Waals surface area contributed by atoms with Crippen molar-refractivity contribution in [2.75, 3.05) is 0 Å². The van der Waals surface area contributed by atoms with Gasteiger partial charge in [0.15, 0.2) is 0 Å². The molecule has 1 rings (SSSR count). The van der Waals surface area contributed by atoms with Gasteiger partial charge in [-0.25, -0.2) is 0 Å². The maximum atomic E-state index is 10.9. The zero-order chi connectivity index (χ0) is 10.6. The van der Waals surface area contributed by atoms with Gasteiger partial charge in [-0.05, 0) is 49.9 Å². The molecule has 1 atom stereocenters. The number of aldehydes is 1. The molecule has 0 radical (unpaired) electrons. The molecule has 0 N–H and O–H groups in total. The van der Waals surface area contributed by atoms with Gasteiger partial charge in [-0.1, -0.05) is 20.8 Å². The van der Waals surface area contributed by atoms with Crippen LogP contribution in [-0.2, 0) is 4.79 Å². The van der Waals surface area contributed by atoms with Crippen LogP contribution in [0.4, 0.5) is 0 Å². The molecule has 1 aliphatic carbocycles. The highest BCUT2D eigenvalue weighted by Crippen LogP contribution is 2.36. The Labute approximate surface area is 88.3 Å². The molecule has 0 spiro atoms. The van der Waals surface area contributed by atoms with E-state index in [2.05, 4.69) is 20.8 Å². The summed E-state index contributed by atoms with van der Waals surface area (Å²) in [5.41, 5.74) is 0. The van der Waals surface area contributed by atoms with Crippen LogP contribution in [0.3, 0.4) is 0 Å². The van der Waals surface area contributed by atoms with Gasteiger partial charge in [0.2, 0.25) is 0 Å². The maximum absolute atomic E-state index is 10.9. The van der Waals surface area contributed by atoms with E-state index in [-0.39, 0.29) is 0 Å². The molecule has 0 aromatic heterocycles. The number of hydrogen-bond donors (Lipinski definition) is 0. The lowest BCUT2D eigenvalue weighted by Crippen LogP contribution is -2.24. The molecule has 14 heavy (non-hydrogen) atoms. The van der Waals surface area contributed by atoms with E-state index >= 15 is 0 Å². The highest BCUT2D eigenvalue weighted by atomic mass is 16.1. The molecular weight excluding hydrogens is 172 g/mol. The van der Waals surface area contributed by atoms with Crippen LogP contribution in [0, 0.1) is 23.7 Å². The standard InChI is InChI=1S/C13H24O/c1-4-11(9-14)13-7-5-12(6-8-13)10(2)3/h9-13H,4-8H2,1-3H3. The van der Waals surface area contributed by atoms with E-state index in [1.54, 1.807) is 0 Å². The third kappa shape index (κ3) is 2.83. The van der Waals surface area contributed by atoms with Crippen molar-refractivity contribution in [1.29, 1.82) is 0 Å². The third-order valence-electron chi connectivity index (χ3n) is 4.01. The minimum absolute atomic E-state index is 0.336. The van der Waals surface area contributed by atoms with E-state index in [1.807, 2.05) is 0 Å². The predicted octanol–water partition coefficient (Wildman–Crippen LogP) is 3.67. The Balaban J connectivity index is 2.38. The third-order valence-corrected chi connectivity index (χ3v) is 4.01. The van der Waals surface area contributed by atoms with Crippen molar-refractivity contribution >= 4 is 6.29 Å². The van der Waals surface area contributed by atoms with Crippen LogP contribution in [0.1, 0.15) is 52.9 Å². The first-order chi connectivity index (χ1) is 6.69. The second-order valence-corrected chi connectivity index (χ2v) is 5.13. The first-order valence-electron chi connectivity index (χ1n) is 6.14. The van der Waals surface area contributed by atoms with Crippen molar-refractivity contribution in [3.05, 3.63) is 0 Å². The highest BCUT2D eigenvalue weighted by molar-refractivity contribution is 5.53. The number of carbonyl (C=O) groups excluding carboxylic acids is 1. The second-order valence-electron chi connectivity index (χ2n) is 5.13. The van der Waals surface area contributed by atoms with Crippen LogP contribution in [0.5, 0.6) is 0 Å². The maximum Gasteiger partial charge on any atom is 0.123 e. The smallest absolute Gasteiger partial charge is 0.123 e. The summed E-state index contributed by atoms with van der Waals surface area (Å²) in [4.78, 5) is 10.9. The van der Waals surface area contributed by atoms with Crippen LogP contribution >= 0.6 is 0 Å². The minimum atomic E-state index is 0.336. The topological polar surface area (TPSA) is 17.1 Å². The fraction of sp³-hybridized carbons (Fsp3) is 0.923. The van der Waals surface area contributed by atoms with E-state index in [9.17, 15) is 4.79 Å². The van der Waals surface area contributed by atoms with Gasteiger partial charge in [-0.15, -0.1) is 0 Å². The molecule has 1 heteroatoms. The lowest BCUT2D eigenvalue weighted by atomic mass is 9.72. The fourth-order valence-corrected chi connectivity index (χ4v) is 2.78. The van der Waals surface area contributed by atoms with Crippen molar-refractivity contribution in [1.82, 2.24) is 0 Å². The lowest BCUT2D eigenvalue weighted by molar-refractivity contribution is -0.113. The molecule has 0 amide bonds. The second kappa shape index (κ2) is 5.53. The first kappa shape index (κ1) is 11.7. The molecule has 0 aliphatic heterocycles. The highest BCUT2D eigenvalue weighted by Gasteiger charge is 2.27. The molecule has 1 unspecified atom stereocenters. The number of hydrogen-bond acceptors (Lipinski definition) is 1. The quantitative estimate of drug-likeness (QED) is 0.627. The zero-order valence-electron chi connectivity index (χ0n) is 9.83. The predicted molar refractivity (Wildman–Crippen MR) is 60.1 cm³/mol. The molecule has 1 nitrogen and oxygen atoms in total. The average Bonchev–Trinajstić information content (AvgIpc) is 2.20. The Hall–Kier alpha value is -0.330. The summed E-state index contributed by atoms with van der Waals surface area (Å²) in [7, 11) is 0. The molecule has 0 aromatic rings. The van der Waals surface area contributed by atoms with Crippen molar-refractivity contribution in [3.63, 3.8) is 0 Å². The average molecular weight is 196 g/mol.